The Kier molecular flexibility index (Phi) is 4.28. The zero-order valence-electron chi connectivity index (χ0n) is 10.6. The Bertz CT molecular complexity index is 508. The van der Waals surface area contributed by atoms with Crippen LogP contribution in [0.15, 0.2) is 58.3 Å². The normalized spacial score (nSPS) is 12.2. The molecule has 0 radical (unpaired) electrons. The number of rotatable bonds is 4. The van der Waals surface area contributed by atoms with Crippen LogP contribution in [-0.4, -0.2) is 7.11 Å². The van der Waals surface area contributed by atoms with Crippen molar-refractivity contribution in [1.82, 2.24) is 0 Å². The summed E-state index contributed by atoms with van der Waals surface area (Å²) < 4.78 is 5.15. The Morgan fingerprint density at radius 2 is 1.72 bits per heavy atom. The molecule has 0 bridgehead atoms. The first-order chi connectivity index (χ1) is 8.70. The molecule has 3 heteroatoms. The minimum atomic E-state index is 0.0481. The third-order valence-corrected chi connectivity index (χ3v) is 3.80. The van der Waals surface area contributed by atoms with E-state index < -0.39 is 0 Å². The van der Waals surface area contributed by atoms with Crippen molar-refractivity contribution in [2.24, 2.45) is 5.73 Å². The van der Waals surface area contributed by atoms with Crippen molar-refractivity contribution in [3.05, 3.63) is 54.1 Å². The van der Waals surface area contributed by atoms with E-state index in [0.29, 0.717) is 0 Å². The van der Waals surface area contributed by atoms with Gasteiger partial charge in [0, 0.05) is 15.8 Å². The molecule has 2 aromatic carbocycles. The Morgan fingerprint density at radius 1 is 1.06 bits per heavy atom. The Balaban J connectivity index is 2.22. The quantitative estimate of drug-likeness (QED) is 0.905. The summed E-state index contributed by atoms with van der Waals surface area (Å²) in [5, 5.41) is 0. The van der Waals surface area contributed by atoms with Crippen LogP contribution in [0.2, 0.25) is 0 Å². The number of hydrogen-bond donors (Lipinski definition) is 1. The van der Waals surface area contributed by atoms with Gasteiger partial charge in [-0.15, -0.1) is 0 Å². The summed E-state index contributed by atoms with van der Waals surface area (Å²) in [4.78, 5) is 2.39. The van der Waals surface area contributed by atoms with Gasteiger partial charge < -0.3 is 10.5 Å². The van der Waals surface area contributed by atoms with Crippen LogP contribution >= 0.6 is 11.8 Å². The van der Waals surface area contributed by atoms with Crippen molar-refractivity contribution >= 4 is 11.8 Å². The lowest BCUT2D eigenvalue weighted by Crippen LogP contribution is -2.05. The highest BCUT2D eigenvalue weighted by Crippen LogP contribution is 2.33. The second-order valence-corrected chi connectivity index (χ2v) is 5.22. The van der Waals surface area contributed by atoms with E-state index in [9.17, 15) is 0 Å². The Labute approximate surface area is 112 Å². The molecular formula is C15H17NOS. The summed E-state index contributed by atoms with van der Waals surface area (Å²) >= 11 is 1.73. The van der Waals surface area contributed by atoms with E-state index in [0.717, 1.165) is 5.75 Å². The predicted molar refractivity (Wildman–Crippen MR) is 76.2 cm³/mol. The number of hydrogen-bond acceptors (Lipinski definition) is 3. The Morgan fingerprint density at radius 3 is 2.33 bits per heavy atom. The summed E-state index contributed by atoms with van der Waals surface area (Å²) in [6.07, 6.45) is 0. The maximum absolute atomic E-state index is 5.98. The van der Waals surface area contributed by atoms with E-state index in [1.807, 2.05) is 31.2 Å². The van der Waals surface area contributed by atoms with Gasteiger partial charge in [0.15, 0.2) is 0 Å². The molecule has 0 heterocycles. The average molecular weight is 259 g/mol. The highest BCUT2D eigenvalue weighted by molar-refractivity contribution is 7.99. The molecule has 1 atom stereocenters. The largest absolute Gasteiger partial charge is 0.497 e. The van der Waals surface area contributed by atoms with E-state index in [1.54, 1.807) is 18.9 Å². The molecule has 0 amide bonds. The van der Waals surface area contributed by atoms with E-state index >= 15 is 0 Å². The summed E-state index contributed by atoms with van der Waals surface area (Å²) in [5.41, 5.74) is 7.16. The zero-order valence-corrected chi connectivity index (χ0v) is 11.4. The molecule has 2 aromatic rings. The first-order valence-corrected chi connectivity index (χ1v) is 6.69. The number of methoxy groups -OCH3 is 1. The third kappa shape index (κ3) is 3.06. The fraction of sp³-hybridized carbons (Fsp3) is 0.200. The van der Waals surface area contributed by atoms with Gasteiger partial charge >= 0.3 is 0 Å². The van der Waals surface area contributed by atoms with E-state index in [1.165, 1.54) is 15.4 Å². The van der Waals surface area contributed by atoms with Gasteiger partial charge in [-0.05, 0) is 42.8 Å². The third-order valence-electron chi connectivity index (χ3n) is 2.70. The molecule has 0 aromatic heterocycles. The molecule has 2 nitrogen and oxygen atoms in total. The molecule has 2 rings (SSSR count). The highest BCUT2D eigenvalue weighted by atomic mass is 32.2. The lowest BCUT2D eigenvalue weighted by molar-refractivity contribution is 0.414. The topological polar surface area (TPSA) is 35.2 Å². The molecule has 1 unspecified atom stereocenters. The molecule has 0 aliphatic heterocycles. The molecule has 0 saturated heterocycles. The Hall–Kier alpha value is -1.45. The van der Waals surface area contributed by atoms with Crippen LogP contribution in [0.1, 0.15) is 18.5 Å². The van der Waals surface area contributed by atoms with Crippen LogP contribution in [0.25, 0.3) is 0 Å². The molecule has 18 heavy (non-hydrogen) atoms. The number of benzene rings is 2. The van der Waals surface area contributed by atoms with Crippen LogP contribution < -0.4 is 10.5 Å². The van der Waals surface area contributed by atoms with Crippen LogP contribution in [0, 0.1) is 0 Å². The minimum absolute atomic E-state index is 0.0481. The maximum atomic E-state index is 5.98. The molecule has 0 aliphatic carbocycles. The average Bonchev–Trinajstić information content (AvgIpc) is 2.40. The maximum Gasteiger partial charge on any atom is 0.118 e. The summed E-state index contributed by atoms with van der Waals surface area (Å²) in [6.45, 7) is 2.01. The second-order valence-electron chi connectivity index (χ2n) is 4.10. The summed E-state index contributed by atoms with van der Waals surface area (Å²) in [6, 6.07) is 16.3. The molecular weight excluding hydrogens is 242 g/mol. The van der Waals surface area contributed by atoms with Crippen molar-refractivity contribution in [2.75, 3.05) is 7.11 Å². The highest BCUT2D eigenvalue weighted by Gasteiger charge is 2.07. The molecule has 94 valence electrons. The first-order valence-electron chi connectivity index (χ1n) is 5.87. The molecule has 0 spiro atoms. The van der Waals surface area contributed by atoms with Gasteiger partial charge in [0.2, 0.25) is 0 Å². The predicted octanol–water partition coefficient (Wildman–Crippen LogP) is 3.87. The van der Waals surface area contributed by atoms with E-state index in [2.05, 4.69) is 24.3 Å². The minimum Gasteiger partial charge on any atom is -0.497 e. The van der Waals surface area contributed by atoms with Gasteiger partial charge in [-0.3, -0.25) is 0 Å². The van der Waals surface area contributed by atoms with Gasteiger partial charge in [-0.25, -0.2) is 0 Å². The molecule has 0 aliphatic rings. The van der Waals surface area contributed by atoms with E-state index in [-0.39, 0.29) is 6.04 Å². The zero-order chi connectivity index (χ0) is 13.0. The van der Waals surface area contributed by atoms with E-state index in [4.69, 9.17) is 10.5 Å². The molecule has 0 saturated carbocycles. The van der Waals surface area contributed by atoms with Gasteiger partial charge in [-0.2, -0.15) is 0 Å². The van der Waals surface area contributed by atoms with Crippen LogP contribution in [-0.2, 0) is 0 Å². The fourth-order valence-electron chi connectivity index (χ4n) is 1.72. The van der Waals surface area contributed by atoms with Crippen LogP contribution in [0.3, 0.4) is 0 Å². The van der Waals surface area contributed by atoms with Gasteiger partial charge in [-0.1, -0.05) is 30.0 Å². The van der Waals surface area contributed by atoms with Crippen molar-refractivity contribution in [3.63, 3.8) is 0 Å². The molecule has 0 fully saturated rings. The fourth-order valence-corrected chi connectivity index (χ4v) is 2.76. The van der Waals surface area contributed by atoms with Crippen molar-refractivity contribution in [2.45, 2.75) is 22.8 Å². The lowest BCUT2D eigenvalue weighted by atomic mass is 10.1. The summed E-state index contributed by atoms with van der Waals surface area (Å²) in [5.74, 6) is 0.875. The van der Waals surface area contributed by atoms with Crippen LogP contribution in [0.5, 0.6) is 5.75 Å². The van der Waals surface area contributed by atoms with Gasteiger partial charge in [0.05, 0.1) is 7.11 Å². The van der Waals surface area contributed by atoms with Gasteiger partial charge in [0.1, 0.15) is 5.75 Å². The second kappa shape index (κ2) is 5.94. The SMILES string of the molecule is COc1ccc(Sc2ccccc2C(C)N)cc1. The monoisotopic (exact) mass is 259 g/mol. The van der Waals surface area contributed by atoms with Crippen molar-refractivity contribution in [3.8, 4) is 5.75 Å². The number of ether oxygens (including phenoxy) is 1. The van der Waals surface area contributed by atoms with Crippen LogP contribution in [0.4, 0.5) is 0 Å². The van der Waals surface area contributed by atoms with Crippen molar-refractivity contribution in [1.29, 1.82) is 0 Å². The number of nitrogens with two attached hydrogens (primary N) is 1. The summed E-state index contributed by atoms with van der Waals surface area (Å²) in [7, 11) is 1.67. The lowest BCUT2D eigenvalue weighted by Gasteiger charge is -2.12. The van der Waals surface area contributed by atoms with Crippen molar-refractivity contribution < 1.29 is 4.74 Å². The first kappa shape index (κ1) is 13.0. The standard InChI is InChI=1S/C15H17NOS/c1-11(16)14-5-3-4-6-15(14)18-13-9-7-12(17-2)8-10-13/h3-11H,16H2,1-2H3. The smallest absolute Gasteiger partial charge is 0.118 e. The van der Waals surface area contributed by atoms with Gasteiger partial charge in [0.25, 0.3) is 0 Å². The molecule has 2 N–H and O–H groups in total.